The summed E-state index contributed by atoms with van der Waals surface area (Å²) >= 11 is 12.2. The fourth-order valence-corrected chi connectivity index (χ4v) is 2.72. The molecule has 106 valence electrons. The highest BCUT2D eigenvalue weighted by atomic mass is 35.5. The van der Waals surface area contributed by atoms with E-state index in [1.807, 2.05) is 6.92 Å². The fourth-order valence-electron chi connectivity index (χ4n) is 2.32. The minimum atomic E-state index is -0.409. The number of nitrogens with one attached hydrogen (secondary N) is 1. The molecule has 0 bridgehead atoms. The van der Waals surface area contributed by atoms with E-state index >= 15 is 0 Å². The van der Waals surface area contributed by atoms with Crippen molar-refractivity contribution in [3.8, 4) is 16.9 Å². The molecule has 2 aromatic carbocycles. The summed E-state index contributed by atoms with van der Waals surface area (Å²) < 4.78 is 0. The number of aromatic amines is 1. The molecule has 0 amide bonds. The normalized spacial score (nSPS) is 11.0. The van der Waals surface area contributed by atoms with Gasteiger partial charge in [-0.2, -0.15) is 0 Å². The summed E-state index contributed by atoms with van der Waals surface area (Å²) in [4.78, 5) is 15.0. The van der Waals surface area contributed by atoms with Gasteiger partial charge >= 0.3 is 0 Å². The van der Waals surface area contributed by atoms with Gasteiger partial charge in [0.25, 0.3) is 5.56 Å². The first-order valence-electron chi connectivity index (χ1n) is 6.29. The van der Waals surface area contributed by atoms with Crippen molar-refractivity contribution in [3.05, 3.63) is 62.4 Å². The van der Waals surface area contributed by atoms with E-state index < -0.39 is 5.56 Å². The van der Waals surface area contributed by atoms with Crippen LogP contribution in [0.2, 0.25) is 10.0 Å². The maximum absolute atomic E-state index is 12.3. The lowest BCUT2D eigenvalue weighted by Gasteiger charge is -2.10. The minimum absolute atomic E-state index is 0.0957. The molecule has 0 unspecified atom stereocenters. The Morgan fingerprint density at radius 2 is 1.81 bits per heavy atom. The number of fused-ring (bicyclic) bond motifs is 1. The zero-order valence-electron chi connectivity index (χ0n) is 11.1. The van der Waals surface area contributed by atoms with E-state index in [-0.39, 0.29) is 11.3 Å². The molecule has 0 atom stereocenters. The number of pyridine rings is 1. The van der Waals surface area contributed by atoms with E-state index in [9.17, 15) is 9.90 Å². The molecule has 0 radical (unpaired) electrons. The standard InChI is InChI=1S/C16H11Cl2NO2/c1-8-6-10-13(7-12(8)18)19-16(21)14(15(10)20)9-4-2-3-5-11(9)17/h2-7H,1H3,(H2,19,20,21). The number of rotatable bonds is 1. The third-order valence-electron chi connectivity index (χ3n) is 3.41. The van der Waals surface area contributed by atoms with E-state index in [1.54, 1.807) is 36.4 Å². The van der Waals surface area contributed by atoms with Crippen LogP contribution >= 0.6 is 23.2 Å². The molecule has 0 aliphatic carbocycles. The van der Waals surface area contributed by atoms with Crippen molar-refractivity contribution in [1.82, 2.24) is 4.98 Å². The molecule has 3 rings (SSSR count). The van der Waals surface area contributed by atoms with E-state index in [0.29, 0.717) is 26.5 Å². The maximum atomic E-state index is 12.3. The van der Waals surface area contributed by atoms with Crippen LogP contribution in [0.15, 0.2) is 41.2 Å². The summed E-state index contributed by atoms with van der Waals surface area (Å²) in [7, 11) is 0. The molecular formula is C16H11Cl2NO2. The Balaban J connectivity index is 2.43. The topological polar surface area (TPSA) is 53.1 Å². The van der Waals surface area contributed by atoms with Crippen LogP contribution in [0.3, 0.4) is 0 Å². The summed E-state index contributed by atoms with van der Waals surface area (Å²) in [5.41, 5.74) is 1.55. The highest BCUT2D eigenvalue weighted by Crippen LogP contribution is 2.36. The highest BCUT2D eigenvalue weighted by molar-refractivity contribution is 6.33. The first kappa shape index (κ1) is 14.0. The van der Waals surface area contributed by atoms with Crippen LogP contribution in [0.4, 0.5) is 0 Å². The summed E-state index contributed by atoms with van der Waals surface area (Å²) in [6.45, 7) is 1.83. The number of hydrogen-bond acceptors (Lipinski definition) is 2. The van der Waals surface area contributed by atoms with E-state index in [2.05, 4.69) is 4.98 Å². The Hall–Kier alpha value is -1.97. The van der Waals surface area contributed by atoms with Gasteiger partial charge in [0.05, 0.1) is 11.1 Å². The third-order valence-corrected chi connectivity index (χ3v) is 4.15. The Morgan fingerprint density at radius 1 is 1.10 bits per heavy atom. The summed E-state index contributed by atoms with van der Waals surface area (Å²) in [6, 6.07) is 10.3. The number of aryl methyl sites for hydroxylation is 1. The molecule has 2 N–H and O–H groups in total. The smallest absolute Gasteiger partial charge is 0.260 e. The van der Waals surface area contributed by atoms with Crippen molar-refractivity contribution < 1.29 is 5.11 Å². The van der Waals surface area contributed by atoms with Crippen LogP contribution in [0.1, 0.15) is 5.56 Å². The van der Waals surface area contributed by atoms with Crippen molar-refractivity contribution in [3.63, 3.8) is 0 Å². The van der Waals surface area contributed by atoms with Crippen molar-refractivity contribution in [1.29, 1.82) is 0 Å². The molecule has 0 spiro atoms. The van der Waals surface area contributed by atoms with Gasteiger partial charge in [0.15, 0.2) is 0 Å². The Labute approximate surface area is 130 Å². The predicted molar refractivity (Wildman–Crippen MR) is 86.4 cm³/mol. The lowest BCUT2D eigenvalue weighted by molar-refractivity contribution is 0.482. The first-order valence-corrected chi connectivity index (χ1v) is 7.04. The number of benzene rings is 2. The van der Waals surface area contributed by atoms with E-state index in [1.165, 1.54) is 0 Å². The fraction of sp³-hybridized carbons (Fsp3) is 0.0625. The average Bonchev–Trinajstić information content (AvgIpc) is 2.43. The van der Waals surface area contributed by atoms with Gasteiger partial charge in [0.1, 0.15) is 5.75 Å². The van der Waals surface area contributed by atoms with Crippen LogP contribution in [-0.4, -0.2) is 10.1 Å². The molecule has 0 aliphatic rings. The van der Waals surface area contributed by atoms with Gasteiger partial charge in [-0.3, -0.25) is 4.79 Å². The SMILES string of the molecule is Cc1cc2c(O)c(-c3ccccc3Cl)c(=O)[nH]c2cc1Cl. The number of aromatic hydroxyl groups is 1. The molecule has 0 fully saturated rings. The molecule has 5 heteroatoms. The van der Waals surface area contributed by atoms with Crippen molar-refractivity contribution in [2.45, 2.75) is 6.92 Å². The van der Waals surface area contributed by atoms with Crippen LogP contribution < -0.4 is 5.56 Å². The Bertz CT molecular complexity index is 916. The lowest BCUT2D eigenvalue weighted by atomic mass is 10.0. The average molecular weight is 320 g/mol. The summed E-state index contributed by atoms with van der Waals surface area (Å²) in [5.74, 6) is -0.0957. The van der Waals surface area contributed by atoms with Gasteiger partial charge in [0.2, 0.25) is 0 Å². The maximum Gasteiger partial charge on any atom is 0.260 e. The number of aromatic nitrogens is 1. The van der Waals surface area contributed by atoms with Crippen molar-refractivity contribution in [2.24, 2.45) is 0 Å². The Morgan fingerprint density at radius 3 is 2.52 bits per heavy atom. The molecule has 3 nitrogen and oxygen atoms in total. The largest absolute Gasteiger partial charge is 0.506 e. The second-order valence-electron chi connectivity index (χ2n) is 4.80. The number of halogens is 2. The molecule has 21 heavy (non-hydrogen) atoms. The molecule has 0 saturated heterocycles. The van der Waals surface area contributed by atoms with E-state index in [0.717, 1.165) is 5.56 Å². The van der Waals surface area contributed by atoms with Crippen LogP contribution in [-0.2, 0) is 0 Å². The van der Waals surface area contributed by atoms with Gasteiger partial charge in [-0.1, -0.05) is 41.4 Å². The second kappa shape index (κ2) is 5.10. The molecule has 0 aliphatic heterocycles. The van der Waals surface area contributed by atoms with Crippen molar-refractivity contribution in [2.75, 3.05) is 0 Å². The van der Waals surface area contributed by atoms with Crippen LogP contribution in [0.25, 0.3) is 22.0 Å². The highest BCUT2D eigenvalue weighted by Gasteiger charge is 2.16. The zero-order valence-corrected chi connectivity index (χ0v) is 12.6. The van der Waals surface area contributed by atoms with Crippen molar-refractivity contribution >= 4 is 34.1 Å². The summed E-state index contributed by atoms with van der Waals surface area (Å²) in [5, 5.41) is 12.0. The van der Waals surface area contributed by atoms with E-state index in [4.69, 9.17) is 23.2 Å². The molecular weight excluding hydrogens is 309 g/mol. The zero-order chi connectivity index (χ0) is 15.1. The summed E-state index contributed by atoms with van der Waals surface area (Å²) in [6.07, 6.45) is 0. The number of H-pyrrole nitrogens is 1. The van der Waals surface area contributed by atoms with Gasteiger partial charge in [0, 0.05) is 21.0 Å². The molecule has 1 heterocycles. The molecule has 3 aromatic rings. The van der Waals surface area contributed by atoms with Gasteiger partial charge < -0.3 is 10.1 Å². The van der Waals surface area contributed by atoms with Crippen LogP contribution in [0, 0.1) is 6.92 Å². The molecule has 0 saturated carbocycles. The predicted octanol–water partition coefficient (Wildman–Crippen LogP) is 4.52. The molecule has 1 aromatic heterocycles. The monoisotopic (exact) mass is 319 g/mol. The Kier molecular flexibility index (Phi) is 3.40. The van der Waals surface area contributed by atoms with Gasteiger partial charge in [-0.25, -0.2) is 0 Å². The van der Waals surface area contributed by atoms with Gasteiger partial charge in [-0.05, 0) is 30.7 Å². The van der Waals surface area contributed by atoms with Gasteiger partial charge in [-0.15, -0.1) is 0 Å². The number of hydrogen-bond donors (Lipinski definition) is 2. The minimum Gasteiger partial charge on any atom is -0.506 e. The second-order valence-corrected chi connectivity index (χ2v) is 5.62. The quantitative estimate of drug-likeness (QED) is 0.693. The third kappa shape index (κ3) is 2.28. The lowest BCUT2D eigenvalue weighted by Crippen LogP contribution is -2.09. The van der Waals surface area contributed by atoms with Crippen LogP contribution in [0.5, 0.6) is 5.75 Å². The first-order chi connectivity index (χ1) is 9.99.